The van der Waals surface area contributed by atoms with Gasteiger partial charge in [0.25, 0.3) is 0 Å². The van der Waals surface area contributed by atoms with Crippen molar-refractivity contribution in [1.29, 1.82) is 31.6 Å². The molecule has 516 valence electrons. The molecule has 0 aromatic heterocycles. The summed E-state index contributed by atoms with van der Waals surface area (Å²) in [6, 6.07) is 21.3. The summed E-state index contributed by atoms with van der Waals surface area (Å²) in [7, 11) is 0. The van der Waals surface area contributed by atoms with Crippen LogP contribution in [0.15, 0.2) is 18.2 Å². The summed E-state index contributed by atoms with van der Waals surface area (Å²) in [6.45, 7) is 48.8. The molecule has 1 aromatic rings. The Labute approximate surface area is 564 Å². The zero-order valence-electron chi connectivity index (χ0n) is 58.0. The maximum absolute atomic E-state index is 9.05. The molecular weight excluding hydrogens is 1160 g/mol. The summed E-state index contributed by atoms with van der Waals surface area (Å²) in [5, 5.41) is 54.3. The lowest BCUT2D eigenvalue weighted by Crippen LogP contribution is -2.47. The van der Waals surface area contributed by atoms with Crippen LogP contribution in [0.1, 0.15) is 113 Å². The summed E-state index contributed by atoms with van der Waals surface area (Å²) in [5.74, 6) is 0. The van der Waals surface area contributed by atoms with E-state index in [9.17, 15) is 0 Å². The Hall–Kier alpha value is -4.44. The number of nitriles is 6. The number of piperazine rings is 6. The normalized spacial score (nSPS) is 19.8. The van der Waals surface area contributed by atoms with Crippen molar-refractivity contribution < 1.29 is 0 Å². The van der Waals surface area contributed by atoms with Crippen LogP contribution in [0.5, 0.6) is 0 Å². The minimum atomic E-state index is 0.534. The average molecular weight is 1280 g/mol. The Bertz CT molecular complexity index is 2060. The van der Waals surface area contributed by atoms with Crippen molar-refractivity contribution in [3.8, 4) is 36.4 Å². The van der Waals surface area contributed by atoms with Crippen LogP contribution in [0.3, 0.4) is 0 Å². The van der Waals surface area contributed by atoms with Crippen molar-refractivity contribution in [3.63, 3.8) is 0 Å². The van der Waals surface area contributed by atoms with E-state index in [1.807, 2.05) is 0 Å². The molecule has 0 amide bonds. The zero-order valence-corrected chi connectivity index (χ0v) is 58.0. The lowest BCUT2D eigenvalue weighted by Gasteiger charge is -2.37. The molecular formula is C72H123N21. The largest absolute Gasteiger partial charge is 0.301 e. The highest BCUT2D eigenvalue weighted by Gasteiger charge is 2.25. The molecule has 6 fully saturated rings. The van der Waals surface area contributed by atoms with Crippen LogP contribution in [-0.2, 0) is 19.6 Å². The average Bonchev–Trinajstić information content (AvgIpc) is 1.22. The van der Waals surface area contributed by atoms with Gasteiger partial charge < -0.3 is 58.8 Å². The SMILES string of the molecule is N#CCCN(CCC#N)CCCN1CCN(CCCCN2CCN(Cc3cc(CN4CCN(CCCCN5CCN(CCCN(CCC#N)CCC#N)CC5)CC4)cc(CN4CCN(CCCCN5CCN(CCCN(CCC#N)CCC#N)CC5)CC4)c3)CC2)CC1. The lowest BCUT2D eigenvalue weighted by atomic mass is 10.0. The molecule has 0 atom stereocenters. The number of hydrogen-bond acceptors (Lipinski definition) is 21. The fraction of sp³-hybridized carbons (Fsp3) is 0.833. The van der Waals surface area contributed by atoms with Gasteiger partial charge in [-0.3, -0.25) is 14.7 Å². The molecule has 1 aromatic carbocycles. The van der Waals surface area contributed by atoms with E-state index in [4.69, 9.17) is 31.6 Å². The Kier molecular flexibility index (Phi) is 38.1. The molecule has 6 aliphatic heterocycles. The predicted molar refractivity (Wildman–Crippen MR) is 372 cm³/mol. The van der Waals surface area contributed by atoms with Crippen molar-refractivity contribution in [2.75, 3.05) is 275 Å². The molecule has 6 aliphatic rings. The Balaban J connectivity index is 0.792. The molecule has 0 radical (unpaired) electrons. The van der Waals surface area contributed by atoms with E-state index in [2.05, 4.69) is 128 Å². The topological polar surface area (TPSA) is 191 Å². The summed E-state index contributed by atoms with van der Waals surface area (Å²) < 4.78 is 0. The maximum Gasteiger partial charge on any atom is 0.0635 e. The Morgan fingerprint density at radius 1 is 0.215 bits per heavy atom. The maximum atomic E-state index is 9.05. The fourth-order valence-electron chi connectivity index (χ4n) is 14.9. The van der Waals surface area contributed by atoms with Gasteiger partial charge in [0.05, 0.1) is 36.4 Å². The lowest BCUT2D eigenvalue weighted by molar-refractivity contribution is 0.113. The van der Waals surface area contributed by atoms with Gasteiger partial charge >= 0.3 is 0 Å². The van der Waals surface area contributed by atoms with E-state index >= 15 is 0 Å². The van der Waals surface area contributed by atoms with Crippen LogP contribution in [0.2, 0.25) is 0 Å². The monoisotopic (exact) mass is 1280 g/mol. The quantitative estimate of drug-likeness (QED) is 0.0810. The van der Waals surface area contributed by atoms with Gasteiger partial charge in [-0.05, 0) is 153 Å². The summed E-state index contributed by atoms with van der Waals surface area (Å²) >= 11 is 0. The van der Waals surface area contributed by atoms with Crippen LogP contribution in [0.4, 0.5) is 0 Å². The molecule has 93 heavy (non-hydrogen) atoms. The predicted octanol–water partition coefficient (Wildman–Crippen LogP) is 4.79. The minimum Gasteiger partial charge on any atom is -0.301 e. The van der Waals surface area contributed by atoms with E-state index in [1.165, 1.54) is 94.5 Å². The number of hydrogen-bond donors (Lipinski definition) is 0. The molecule has 7 rings (SSSR count). The highest BCUT2D eigenvalue weighted by molar-refractivity contribution is 5.31. The van der Waals surface area contributed by atoms with Crippen LogP contribution in [0.25, 0.3) is 0 Å². The van der Waals surface area contributed by atoms with E-state index in [0.717, 1.165) is 275 Å². The van der Waals surface area contributed by atoms with Gasteiger partial charge in [-0.25, -0.2) is 0 Å². The first-order chi connectivity index (χ1) is 45.8. The first kappa shape index (κ1) is 75.9. The van der Waals surface area contributed by atoms with Crippen molar-refractivity contribution in [1.82, 2.24) is 73.5 Å². The molecule has 0 aliphatic carbocycles. The second-order valence-electron chi connectivity index (χ2n) is 27.7. The molecule has 0 saturated carbocycles. The van der Waals surface area contributed by atoms with Gasteiger partial charge in [-0.1, -0.05) is 18.2 Å². The zero-order chi connectivity index (χ0) is 65.2. The minimum absolute atomic E-state index is 0.534. The smallest absolute Gasteiger partial charge is 0.0635 e. The van der Waals surface area contributed by atoms with Crippen LogP contribution >= 0.6 is 0 Å². The van der Waals surface area contributed by atoms with Gasteiger partial charge in [-0.2, -0.15) is 31.6 Å². The van der Waals surface area contributed by atoms with Crippen molar-refractivity contribution in [2.45, 2.75) is 116 Å². The summed E-state index contributed by atoms with van der Waals surface area (Å²) in [4.78, 5) is 39.0. The van der Waals surface area contributed by atoms with Crippen molar-refractivity contribution >= 4 is 0 Å². The van der Waals surface area contributed by atoms with Crippen molar-refractivity contribution in [2.24, 2.45) is 0 Å². The van der Waals surface area contributed by atoms with Gasteiger partial charge in [0, 0.05) is 255 Å². The van der Waals surface area contributed by atoms with Crippen LogP contribution in [-0.4, -0.2) is 348 Å². The summed E-state index contributed by atoms with van der Waals surface area (Å²) in [6.07, 6.45) is 14.1. The second-order valence-corrected chi connectivity index (χ2v) is 27.7. The Morgan fingerprint density at radius 2 is 0.366 bits per heavy atom. The van der Waals surface area contributed by atoms with Crippen molar-refractivity contribution in [3.05, 3.63) is 34.9 Å². The fourth-order valence-corrected chi connectivity index (χ4v) is 14.9. The Morgan fingerprint density at radius 3 is 0.527 bits per heavy atom. The molecule has 0 spiro atoms. The number of unbranched alkanes of at least 4 members (excludes halogenated alkanes) is 3. The second kappa shape index (κ2) is 46.7. The van der Waals surface area contributed by atoms with Gasteiger partial charge in [0.2, 0.25) is 0 Å². The van der Waals surface area contributed by atoms with Gasteiger partial charge in [0.15, 0.2) is 0 Å². The number of benzene rings is 1. The van der Waals surface area contributed by atoms with E-state index < -0.39 is 0 Å². The van der Waals surface area contributed by atoms with E-state index in [-0.39, 0.29) is 0 Å². The molecule has 21 heteroatoms. The standard InChI is InChI=1S/C72H123N21/c73-16-7-28-79(29-8-17-74)34-13-37-88-46-40-82(41-47-88)22-1-4-25-85-52-58-91(59-53-85)67-70-64-71(68-92-60-54-86(55-61-92)26-5-2-23-83-42-48-89(49-43-83)38-14-35-80(30-9-18-75)31-10-19-76)66-72(65-70)69-93-62-56-87(57-63-93)27-6-3-24-84-44-50-90(51-45-84)39-15-36-81(32-11-20-77)33-12-21-78/h64-66H,1-15,22-63,67-69H2. The van der Waals surface area contributed by atoms with E-state index in [1.54, 1.807) is 0 Å². The molecule has 0 unspecified atom stereocenters. The first-order valence-corrected chi connectivity index (χ1v) is 37.0. The van der Waals surface area contributed by atoms with Crippen LogP contribution < -0.4 is 0 Å². The summed E-state index contributed by atoms with van der Waals surface area (Å²) in [5.41, 5.74) is 4.49. The number of rotatable bonds is 45. The highest BCUT2D eigenvalue weighted by Crippen LogP contribution is 2.21. The third-order valence-corrected chi connectivity index (χ3v) is 20.8. The van der Waals surface area contributed by atoms with Gasteiger partial charge in [-0.15, -0.1) is 0 Å². The number of nitrogens with zero attached hydrogens (tertiary/aromatic N) is 21. The van der Waals surface area contributed by atoms with Gasteiger partial charge in [0.1, 0.15) is 0 Å². The third-order valence-electron chi connectivity index (χ3n) is 20.8. The molecule has 0 N–H and O–H groups in total. The molecule has 0 bridgehead atoms. The van der Waals surface area contributed by atoms with E-state index in [0.29, 0.717) is 38.5 Å². The first-order valence-electron chi connectivity index (χ1n) is 37.0. The third kappa shape index (κ3) is 31.5. The van der Waals surface area contributed by atoms with Crippen LogP contribution in [0, 0.1) is 68.0 Å². The molecule has 21 nitrogen and oxygen atoms in total. The molecule has 6 heterocycles. The highest BCUT2D eigenvalue weighted by atomic mass is 15.3. The molecule has 6 saturated heterocycles.